The minimum atomic E-state index is 0.799. The summed E-state index contributed by atoms with van der Waals surface area (Å²) < 4.78 is 1.15. The summed E-state index contributed by atoms with van der Waals surface area (Å²) in [5.41, 5.74) is 1.21. The van der Waals surface area contributed by atoms with Gasteiger partial charge in [0.1, 0.15) is 0 Å². The van der Waals surface area contributed by atoms with Gasteiger partial charge in [0.25, 0.3) is 0 Å². The molecule has 1 nitrogen and oxygen atoms in total. The van der Waals surface area contributed by atoms with Crippen molar-refractivity contribution in [3.8, 4) is 0 Å². The molecule has 0 bridgehead atoms. The number of halogens is 1. The molecular formula is C10H7BrOS2. The molecule has 0 N–H and O–H groups in total. The Morgan fingerprint density at radius 2 is 2.29 bits per heavy atom. The molecule has 0 atom stereocenters. The molecule has 0 unspecified atom stereocenters. The van der Waals surface area contributed by atoms with Crippen molar-refractivity contribution in [2.24, 2.45) is 0 Å². The second-order valence-electron chi connectivity index (χ2n) is 2.84. The average Bonchev–Trinajstić information content (AvgIpc) is 2.77. The van der Waals surface area contributed by atoms with Crippen LogP contribution in [0.15, 0.2) is 27.4 Å². The molecule has 2 rings (SSSR count). The molecule has 0 fully saturated rings. The van der Waals surface area contributed by atoms with Crippen LogP contribution in [0.3, 0.4) is 0 Å². The van der Waals surface area contributed by atoms with Gasteiger partial charge in [-0.05, 0) is 44.4 Å². The van der Waals surface area contributed by atoms with E-state index in [4.69, 9.17) is 0 Å². The van der Waals surface area contributed by atoms with Gasteiger partial charge in [-0.1, -0.05) is 0 Å². The maximum Gasteiger partial charge on any atom is 0.160 e. The average molecular weight is 287 g/mol. The van der Waals surface area contributed by atoms with Gasteiger partial charge in [0.05, 0.1) is 4.88 Å². The monoisotopic (exact) mass is 286 g/mol. The molecule has 2 aromatic rings. The summed E-state index contributed by atoms with van der Waals surface area (Å²) in [5.74, 6) is 0. The Hall–Kier alpha value is -0.450. The second-order valence-corrected chi connectivity index (χ2v) is 5.64. The zero-order valence-electron chi connectivity index (χ0n) is 7.20. The lowest BCUT2D eigenvalue weighted by molar-refractivity contribution is 0.112. The van der Waals surface area contributed by atoms with Gasteiger partial charge < -0.3 is 0 Å². The quantitative estimate of drug-likeness (QED) is 0.780. The van der Waals surface area contributed by atoms with Crippen molar-refractivity contribution in [3.63, 3.8) is 0 Å². The largest absolute Gasteiger partial charge is 0.297 e. The van der Waals surface area contributed by atoms with Crippen LogP contribution < -0.4 is 0 Å². The van der Waals surface area contributed by atoms with Crippen molar-refractivity contribution in [2.45, 2.75) is 6.42 Å². The Bertz CT molecular complexity index is 444. The summed E-state index contributed by atoms with van der Waals surface area (Å²) in [5, 5.41) is 4.10. The summed E-state index contributed by atoms with van der Waals surface area (Å²) in [6.07, 6.45) is 1.81. The molecule has 0 aliphatic rings. The van der Waals surface area contributed by atoms with Gasteiger partial charge in [-0.2, -0.15) is 0 Å². The van der Waals surface area contributed by atoms with E-state index in [1.54, 1.807) is 11.3 Å². The molecule has 0 aliphatic carbocycles. The van der Waals surface area contributed by atoms with Gasteiger partial charge in [-0.15, -0.1) is 22.7 Å². The van der Waals surface area contributed by atoms with Crippen LogP contribution in [0.1, 0.15) is 20.1 Å². The molecule has 2 aromatic heterocycles. The number of carbonyl (C=O) groups excluding carboxylic acids is 1. The Kier molecular flexibility index (Phi) is 3.15. The maximum atomic E-state index is 10.5. The van der Waals surface area contributed by atoms with E-state index in [1.807, 2.05) is 17.5 Å². The summed E-state index contributed by atoms with van der Waals surface area (Å²) in [6, 6.07) is 4.00. The first kappa shape index (κ1) is 10.1. The molecular weight excluding hydrogens is 280 g/mol. The topological polar surface area (TPSA) is 17.1 Å². The molecule has 0 spiro atoms. The summed E-state index contributed by atoms with van der Waals surface area (Å²) >= 11 is 6.72. The van der Waals surface area contributed by atoms with Gasteiger partial charge in [0.2, 0.25) is 0 Å². The number of carbonyl (C=O) groups is 1. The second kappa shape index (κ2) is 4.38. The highest BCUT2D eigenvalue weighted by Crippen LogP contribution is 2.26. The Labute approximate surface area is 98.5 Å². The summed E-state index contributed by atoms with van der Waals surface area (Å²) in [4.78, 5) is 12.6. The van der Waals surface area contributed by atoms with Crippen molar-refractivity contribution in [3.05, 3.63) is 42.7 Å². The third-order valence-corrected chi connectivity index (χ3v) is 4.68. The third kappa shape index (κ3) is 2.13. The Morgan fingerprint density at radius 1 is 1.43 bits per heavy atom. The SMILES string of the molecule is O=Cc1cc(Cc2sccc2Br)cs1. The van der Waals surface area contributed by atoms with E-state index >= 15 is 0 Å². The minimum absolute atomic E-state index is 0.799. The minimum Gasteiger partial charge on any atom is -0.297 e. The molecule has 0 radical (unpaired) electrons. The lowest BCUT2D eigenvalue weighted by Crippen LogP contribution is -1.81. The first-order valence-corrected chi connectivity index (χ1v) is 6.59. The normalized spacial score (nSPS) is 10.4. The van der Waals surface area contributed by atoms with Crippen LogP contribution in [-0.2, 0) is 6.42 Å². The zero-order chi connectivity index (χ0) is 9.97. The van der Waals surface area contributed by atoms with Gasteiger partial charge in [-0.25, -0.2) is 0 Å². The first-order chi connectivity index (χ1) is 6.79. The predicted octanol–water partition coefficient (Wildman–Crippen LogP) is 3.98. The van der Waals surface area contributed by atoms with Gasteiger partial charge >= 0.3 is 0 Å². The molecule has 4 heteroatoms. The molecule has 0 amide bonds. The predicted molar refractivity (Wildman–Crippen MR) is 64.5 cm³/mol. The van der Waals surface area contributed by atoms with E-state index in [2.05, 4.69) is 21.3 Å². The van der Waals surface area contributed by atoms with Crippen LogP contribution in [0.5, 0.6) is 0 Å². The van der Waals surface area contributed by atoms with Crippen molar-refractivity contribution >= 4 is 44.9 Å². The van der Waals surface area contributed by atoms with Crippen molar-refractivity contribution in [1.29, 1.82) is 0 Å². The molecule has 0 aromatic carbocycles. The van der Waals surface area contributed by atoms with E-state index in [9.17, 15) is 4.79 Å². The fraction of sp³-hybridized carbons (Fsp3) is 0.100. The van der Waals surface area contributed by atoms with Crippen LogP contribution in [0.4, 0.5) is 0 Å². The smallest absolute Gasteiger partial charge is 0.160 e. The lowest BCUT2D eigenvalue weighted by atomic mass is 10.2. The molecule has 0 saturated heterocycles. The van der Waals surface area contributed by atoms with E-state index in [1.165, 1.54) is 21.8 Å². The summed E-state index contributed by atoms with van der Waals surface area (Å²) in [6.45, 7) is 0. The van der Waals surface area contributed by atoms with Crippen LogP contribution in [0.2, 0.25) is 0 Å². The number of rotatable bonds is 3. The lowest BCUT2D eigenvalue weighted by Gasteiger charge is -1.94. The van der Waals surface area contributed by atoms with E-state index in [-0.39, 0.29) is 0 Å². The number of hydrogen-bond acceptors (Lipinski definition) is 3. The van der Waals surface area contributed by atoms with Crippen LogP contribution >= 0.6 is 38.6 Å². The number of thiophene rings is 2. The van der Waals surface area contributed by atoms with E-state index in [0.717, 1.165) is 22.1 Å². The van der Waals surface area contributed by atoms with Crippen molar-refractivity contribution in [1.82, 2.24) is 0 Å². The highest BCUT2D eigenvalue weighted by molar-refractivity contribution is 9.10. The van der Waals surface area contributed by atoms with Gasteiger partial charge in [0, 0.05) is 15.8 Å². The van der Waals surface area contributed by atoms with Crippen LogP contribution in [-0.4, -0.2) is 6.29 Å². The zero-order valence-corrected chi connectivity index (χ0v) is 10.4. The van der Waals surface area contributed by atoms with E-state index in [0.29, 0.717) is 0 Å². The van der Waals surface area contributed by atoms with Crippen molar-refractivity contribution < 1.29 is 4.79 Å². The Balaban J connectivity index is 2.18. The van der Waals surface area contributed by atoms with Crippen LogP contribution in [0, 0.1) is 0 Å². The van der Waals surface area contributed by atoms with E-state index < -0.39 is 0 Å². The van der Waals surface area contributed by atoms with Crippen LogP contribution in [0.25, 0.3) is 0 Å². The standard InChI is InChI=1S/C10H7BrOS2/c11-9-1-2-13-10(9)4-7-3-8(5-12)14-6-7/h1-3,5-6H,4H2. The third-order valence-electron chi connectivity index (χ3n) is 1.85. The fourth-order valence-corrected chi connectivity index (χ4v) is 3.43. The molecule has 0 saturated carbocycles. The molecule has 72 valence electrons. The molecule has 2 heterocycles. The maximum absolute atomic E-state index is 10.5. The van der Waals surface area contributed by atoms with Gasteiger partial charge in [0.15, 0.2) is 6.29 Å². The highest BCUT2D eigenvalue weighted by Gasteiger charge is 2.04. The van der Waals surface area contributed by atoms with Crippen molar-refractivity contribution in [2.75, 3.05) is 0 Å². The number of hydrogen-bond donors (Lipinski definition) is 0. The highest BCUT2D eigenvalue weighted by atomic mass is 79.9. The fourth-order valence-electron chi connectivity index (χ4n) is 1.19. The summed E-state index contributed by atoms with van der Waals surface area (Å²) in [7, 11) is 0. The first-order valence-electron chi connectivity index (χ1n) is 4.04. The number of aldehydes is 1. The Morgan fingerprint density at radius 3 is 2.86 bits per heavy atom. The van der Waals surface area contributed by atoms with Gasteiger partial charge in [-0.3, -0.25) is 4.79 Å². The molecule has 14 heavy (non-hydrogen) atoms. The molecule has 0 aliphatic heterocycles.